The number of piperidine rings is 1. The quantitative estimate of drug-likeness (QED) is 0.706. The van der Waals surface area contributed by atoms with Crippen molar-refractivity contribution in [2.45, 2.75) is 39.5 Å². The van der Waals surface area contributed by atoms with Gasteiger partial charge in [0.1, 0.15) is 0 Å². The van der Waals surface area contributed by atoms with Gasteiger partial charge in [0.25, 0.3) is 0 Å². The Bertz CT molecular complexity index is 296. The molecule has 0 unspecified atom stereocenters. The number of nitrogens with zero attached hydrogens (tertiary/aromatic N) is 1. The van der Waals surface area contributed by atoms with Crippen LogP contribution in [0.2, 0.25) is 0 Å². The highest BCUT2D eigenvalue weighted by atomic mass is 32.2. The summed E-state index contributed by atoms with van der Waals surface area (Å²) in [6.45, 7) is 7.51. The van der Waals surface area contributed by atoms with Crippen LogP contribution >= 0.6 is 0 Å². The zero-order chi connectivity index (χ0) is 12.7. The second kappa shape index (κ2) is 7.34. The number of hydrogen-bond acceptors (Lipinski definition) is 3. The van der Waals surface area contributed by atoms with Crippen molar-refractivity contribution in [1.82, 2.24) is 9.62 Å². The predicted molar refractivity (Wildman–Crippen MR) is 71.5 cm³/mol. The van der Waals surface area contributed by atoms with Crippen molar-refractivity contribution in [1.29, 1.82) is 0 Å². The molecule has 0 aromatic carbocycles. The third-order valence-corrected chi connectivity index (χ3v) is 5.28. The van der Waals surface area contributed by atoms with Crippen LogP contribution in [0, 0.1) is 5.92 Å². The number of sulfonamides is 1. The monoisotopic (exact) mass is 262 g/mol. The van der Waals surface area contributed by atoms with Gasteiger partial charge in [-0.05, 0) is 44.7 Å². The van der Waals surface area contributed by atoms with E-state index in [0.29, 0.717) is 25.4 Å². The molecule has 5 heteroatoms. The lowest BCUT2D eigenvalue weighted by molar-refractivity contribution is 0.288. The summed E-state index contributed by atoms with van der Waals surface area (Å²) in [7, 11) is -3.00. The van der Waals surface area contributed by atoms with E-state index in [4.69, 9.17) is 0 Å². The van der Waals surface area contributed by atoms with Crippen molar-refractivity contribution >= 4 is 10.0 Å². The Labute approximate surface area is 106 Å². The fraction of sp³-hybridized carbons (Fsp3) is 1.00. The first-order valence-electron chi connectivity index (χ1n) is 6.75. The van der Waals surface area contributed by atoms with Crippen LogP contribution in [0.15, 0.2) is 0 Å². The molecular formula is C12H26N2O2S. The largest absolute Gasteiger partial charge is 0.317 e. The molecular weight excluding hydrogens is 236 g/mol. The standard InChI is InChI=1S/C12H26N2O2S/c1-3-7-13-8-4-11-17(15,16)14-9-5-12(2)6-10-14/h12-13H,3-11H2,1-2H3. The zero-order valence-electron chi connectivity index (χ0n) is 11.1. The maximum absolute atomic E-state index is 12.0. The molecule has 102 valence electrons. The average molecular weight is 262 g/mol. The maximum Gasteiger partial charge on any atom is 0.214 e. The van der Waals surface area contributed by atoms with Crippen LogP contribution in [0.4, 0.5) is 0 Å². The van der Waals surface area contributed by atoms with Gasteiger partial charge in [0, 0.05) is 13.1 Å². The average Bonchev–Trinajstić information content (AvgIpc) is 2.29. The van der Waals surface area contributed by atoms with Crippen molar-refractivity contribution in [3.05, 3.63) is 0 Å². The molecule has 0 aromatic rings. The lowest BCUT2D eigenvalue weighted by Gasteiger charge is -2.29. The predicted octanol–water partition coefficient (Wildman–Crippen LogP) is 1.44. The van der Waals surface area contributed by atoms with Crippen LogP contribution < -0.4 is 5.32 Å². The summed E-state index contributed by atoms with van der Waals surface area (Å²) in [5.74, 6) is 0.964. The summed E-state index contributed by atoms with van der Waals surface area (Å²) in [4.78, 5) is 0. The van der Waals surface area contributed by atoms with E-state index in [2.05, 4.69) is 19.2 Å². The summed E-state index contributed by atoms with van der Waals surface area (Å²) >= 11 is 0. The van der Waals surface area contributed by atoms with E-state index < -0.39 is 10.0 Å². The Morgan fingerprint density at radius 3 is 2.47 bits per heavy atom. The molecule has 1 fully saturated rings. The summed E-state index contributed by atoms with van der Waals surface area (Å²) in [5.41, 5.74) is 0. The van der Waals surface area contributed by atoms with Crippen molar-refractivity contribution in [3.8, 4) is 0 Å². The summed E-state index contributed by atoms with van der Waals surface area (Å²) in [6.07, 6.45) is 3.83. The van der Waals surface area contributed by atoms with E-state index in [0.717, 1.165) is 32.4 Å². The van der Waals surface area contributed by atoms with Crippen LogP contribution in [-0.2, 0) is 10.0 Å². The highest BCUT2D eigenvalue weighted by Gasteiger charge is 2.25. The third kappa shape index (κ3) is 5.36. The molecule has 17 heavy (non-hydrogen) atoms. The number of rotatable bonds is 7. The fourth-order valence-electron chi connectivity index (χ4n) is 2.07. The molecule has 1 aliphatic heterocycles. The van der Waals surface area contributed by atoms with E-state index in [9.17, 15) is 8.42 Å². The first-order valence-corrected chi connectivity index (χ1v) is 8.35. The fourth-order valence-corrected chi connectivity index (χ4v) is 3.61. The van der Waals surface area contributed by atoms with Crippen LogP contribution in [0.5, 0.6) is 0 Å². The van der Waals surface area contributed by atoms with Gasteiger partial charge >= 0.3 is 0 Å². The Balaban J connectivity index is 2.25. The van der Waals surface area contributed by atoms with Gasteiger partial charge in [-0.2, -0.15) is 0 Å². The highest BCUT2D eigenvalue weighted by molar-refractivity contribution is 7.89. The normalized spacial score (nSPS) is 19.6. The molecule has 0 aromatic heterocycles. The summed E-state index contributed by atoms with van der Waals surface area (Å²) in [5, 5.41) is 3.23. The minimum absolute atomic E-state index is 0.290. The van der Waals surface area contributed by atoms with E-state index in [1.807, 2.05) is 0 Å². The lowest BCUT2D eigenvalue weighted by atomic mass is 10.0. The van der Waals surface area contributed by atoms with Gasteiger partial charge in [-0.25, -0.2) is 12.7 Å². The van der Waals surface area contributed by atoms with Crippen molar-refractivity contribution in [3.63, 3.8) is 0 Å². The lowest BCUT2D eigenvalue weighted by Crippen LogP contribution is -2.39. The van der Waals surface area contributed by atoms with E-state index >= 15 is 0 Å². The molecule has 0 atom stereocenters. The van der Waals surface area contributed by atoms with E-state index in [1.54, 1.807) is 4.31 Å². The SMILES string of the molecule is CCCNCCCS(=O)(=O)N1CCC(C)CC1. The Hall–Kier alpha value is -0.130. The molecule has 1 saturated heterocycles. The van der Waals surface area contributed by atoms with Crippen molar-refractivity contribution in [2.75, 3.05) is 31.9 Å². The Morgan fingerprint density at radius 1 is 1.24 bits per heavy atom. The van der Waals surface area contributed by atoms with E-state index in [1.165, 1.54) is 0 Å². The van der Waals surface area contributed by atoms with Gasteiger partial charge in [0.15, 0.2) is 0 Å². The molecule has 1 rings (SSSR count). The molecule has 0 amide bonds. The van der Waals surface area contributed by atoms with Gasteiger partial charge < -0.3 is 5.32 Å². The molecule has 1 N–H and O–H groups in total. The summed E-state index contributed by atoms with van der Waals surface area (Å²) < 4.78 is 25.7. The maximum atomic E-state index is 12.0. The molecule has 0 spiro atoms. The van der Waals surface area contributed by atoms with E-state index in [-0.39, 0.29) is 5.75 Å². The number of hydrogen-bond donors (Lipinski definition) is 1. The van der Waals surface area contributed by atoms with Gasteiger partial charge in [-0.1, -0.05) is 13.8 Å². The highest BCUT2D eigenvalue weighted by Crippen LogP contribution is 2.19. The molecule has 0 bridgehead atoms. The van der Waals surface area contributed by atoms with Crippen LogP contribution in [-0.4, -0.2) is 44.7 Å². The molecule has 4 nitrogen and oxygen atoms in total. The van der Waals surface area contributed by atoms with Crippen molar-refractivity contribution < 1.29 is 8.42 Å². The molecule has 0 radical (unpaired) electrons. The second-order valence-corrected chi connectivity index (χ2v) is 7.09. The molecule has 1 heterocycles. The molecule has 0 aliphatic carbocycles. The van der Waals surface area contributed by atoms with Gasteiger partial charge in [0.05, 0.1) is 5.75 Å². The Kier molecular flexibility index (Phi) is 6.44. The topological polar surface area (TPSA) is 49.4 Å². The third-order valence-electron chi connectivity index (χ3n) is 3.32. The van der Waals surface area contributed by atoms with Crippen LogP contribution in [0.25, 0.3) is 0 Å². The van der Waals surface area contributed by atoms with Gasteiger partial charge in [-0.3, -0.25) is 0 Å². The minimum Gasteiger partial charge on any atom is -0.317 e. The van der Waals surface area contributed by atoms with Crippen molar-refractivity contribution in [2.24, 2.45) is 5.92 Å². The Morgan fingerprint density at radius 2 is 1.88 bits per heavy atom. The zero-order valence-corrected chi connectivity index (χ0v) is 11.9. The second-order valence-electron chi connectivity index (χ2n) is 5.00. The molecule has 1 aliphatic rings. The summed E-state index contributed by atoms with van der Waals surface area (Å²) in [6, 6.07) is 0. The van der Waals surface area contributed by atoms with Crippen LogP contribution in [0.1, 0.15) is 39.5 Å². The smallest absolute Gasteiger partial charge is 0.214 e. The number of nitrogens with one attached hydrogen (secondary N) is 1. The molecule has 0 saturated carbocycles. The van der Waals surface area contributed by atoms with Gasteiger partial charge in [-0.15, -0.1) is 0 Å². The van der Waals surface area contributed by atoms with Crippen LogP contribution in [0.3, 0.4) is 0 Å². The minimum atomic E-state index is -3.00. The van der Waals surface area contributed by atoms with Gasteiger partial charge in [0.2, 0.25) is 10.0 Å². The first-order chi connectivity index (χ1) is 8.06. The first kappa shape index (κ1) is 14.9.